The van der Waals surface area contributed by atoms with Crippen LogP contribution in [0.25, 0.3) is 6.08 Å². The lowest BCUT2D eigenvalue weighted by atomic mass is 10.2. The summed E-state index contributed by atoms with van der Waals surface area (Å²) in [6.45, 7) is 2.21. The Balaban J connectivity index is 2.59. The highest BCUT2D eigenvalue weighted by Crippen LogP contribution is 2.13. The van der Waals surface area contributed by atoms with Gasteiger partial charge in [-0.1, -0.05) is 37.1 Å². The first-order valence-corrected chi connectivity index (χ1v) is 5.81. The molecule has 0 fully saturated rings. The predicted molar refractivity (Wildman–Crippen MR) is 66.4 cm³/mol. The Kier molecular flexibility index (Phi) is 5.70. The first-order chi connectivity index (χ1) is 8.13. The summed E-state index contributed by atoms with van der Waals surface area (Å²) in [5, 5.41) is 0.563. The highest BCUT2D eigenvalue weighted by molar-refractivity contribution is 6.30. The number of unbranched alkanes of at least 4 members (excludes halogenated alkanes) is 1. The summed E-state index contributed by atoms with van der Waals surface area (Å²) < 4.78 is 18.1. The van der Waals surface area contributed by atoms with Crippen molar-refractivity contribution in [2.24, 2.45) is 0 Å². The van der Waals surface area contributed by atoms with Gasteiger partial charge in [0, 0.05) is 5.02 Å². The monoisotopic (exact) mass is 256 g/mol. The molecule has 0 saturated heterocycles. The second kappa shape index (κ2) is 7.07. The van der Waals surface area contributed by atoms with Crippen LogP contribution in [0.1, 0.15) is 25.3 Å². The summed E-state index contributed by atoms with van der Waals surface area (Å²) in [6, 6.07) is 6.51. The number of carbonyl (C=O) groups excluding carboxylic acids is 1. The number of carbonyl (C=O) groups is 1. The van der Waals surface area contributed by atoms with Crippen molar-refractivity contribution in [2.75, 3.05) is 6.61 Å². The van der Waals surface area contributed by atoms with Crippen LogP contribution in [0, 0.1) is 0 Å². The number of hydrogen-bond acceptors (Lipinski definition) is 2. The molecule has 0 aliphatic rings. The molecule has 0 bridgehead atoms. The van der Waals surface area contributed by atoms with Gasteiger partial charge in [-0.25, -0.2) is 4.79 Å². The first-order valence-electron chi connectivity index (χ1n) is 5.43. The Hall–Kier alpha value is -1.35. The molecule has 0 heterocycles. The number of hydrogen-bond donors (Lipinski definition) is 0. The van der Waals surface area contributed by atoms with Crippen molar-refractivity contribution in [3.8, 4) is 0 Å². The van der Waals surface area contributed by atoms with Gasteiger partial charge in [-0.05, 0) is 30.2 Å². The molecule has 17 heavy (non-hydrogen) atoms. The van der Waals surface area contributed by atoms with E-state index in [9.17, 15) is 9.18 Å². The fourth-order valence-electron chi connectivity index (χ4n) is 1.14. The van der Waals surface area contributed by atoms with Crippen LogP contribution in [0.4, 0.5) is 4.39 Å². The van der Waals surface area contributed by atoms with Gasteiger partial charge in [0.25, 0.3) is 0 Å². The van der Waals surface area contributed by atoms with Crippen LogP contribution in [0.15, 0.2) is 30.1 Å². The second-order valence-corrected chi connectivity index (χ2v) is 3.97. The normalized spacial score (nSPS) is 11.4. The molecule has 1 rings (SSSR count). The molecule has 0 aliphatic carbocycles. The molecule has 92 valence electrons. The quantitative estimate of drug-likeness (QED) is 0.452. The molecule has 0 unspecified atom stereocenters. The molecule has 4 heteroatoms. The van der Waals surface area contributed by atoms with Crippen LogP contribution in [-0.2, 0) is 9.53 Å². The maximum atomic E-state index is 13.4. The van der Waals surface area contributed by atoms with Gasteiger partial charge in [-0.15, -0.1) is 0 Å². The number of halogens is 2. The van der Waals surface area contributed by atoms with Gasteiger partial charge in [0.1, 0.15) is 0 Å². The van der Waals surface area contributed by atoms with E-state index in [2.05, 4.69) is 0 Å². The van der Waals surface area contributed by atoms with E-state index in [-0.39, 0.29) is 6.61 Å². The Labute approximate surface area is 105 Å². The van der Waals surface area contributed by atoms with Gasteiger partial charge in [-0.3, -0.25) is 0 Å². The van der Waals surface area contributed by atoms with Crippen molar-refractivity contribution in [3.05, 3.63) is 40.7 Å². The number of benzene rings is 1. The van der Waals surface area contributed by atoms with Gasteiger partial charge in [0.05, 0.1) is 6.61 Å². The third kappa shape index (κ3) is 5.00. The number of ether oxygens (including phenoxy) is 1. The third-order valence-corrected chi connectivity index (χ3v) is 2.34. The van der Waals surface area contributed by atoms with Crippen molar-refractivity contribution in [3.63, 3.8) is 0 Å². The predicted octanol–water partition coefficient (Wildman–Crippen LogP) is 3.99. The van der Waals surface area contributed by atoms with E-state index in [1.807, 2.05) is 6.92 Å². The van der Waals surface area contributed by atoms with E-state index < -0.39 is 11.8 Å². The molecule has 0 aromatic heterocycles. The first kappa shape index (κ1) is 13.7. The molecule has 0 atom stereocenters. The topological polar surface area (TPSA) is 26.3 Å². The molecule has 0 radical (unpaired) electrons. The Morgan fingerprint density at radius 3 is 2.65 bits per heavy atom. The molecule has 0 amide bonds. The zero-order chi connectivity index (χ0) is 12.7. The average Bonchev–Trinajstić information content (AvgIpc) is 2.32. The summed E-state index contributed by atoms with van der Waals surface area (Å²) in [4.78, 5) is 11.2. The van der Waals surface area contributed by atoms with Crippen LogP contribution in [0.3, 0.4) is 0 Å². The SMILES string of the molecule is CCCCOC(=O)/C(F)=C/c1ccc(Cl)cc1. The minimum Gasteiger partial charge on any atom is -0.460 e. The molecule has 0 saturated carbocycles. The van der Waals surface area contributed by atoms with Gasteiger partial charge >= 0.3 is 5.97 Å². The summed E-state index contributed by atoms with van der Waals surface area (Å²) in [5.41, 5.74) is 0.569. The smallest absolute Gasteiger partial charge is 0.367 e. The third-order valence-electron chi connectivity index (χ3n) is 2.09. The number of esters is 1. The van der Waals surface area contributed by atoms with Crippen LogP contribution in [0.2, 0.25) is 5.02 Å². The highest BCUT2D eigenvalue weighted by atomic mass is 35.5. The zero-order valence-corrected chi connectivity index (χ0v) is 10.3. The van der Waals surface area contributed by atoms with E-state index in [0.717, 1.165) is 18.9 Å². The van der Waals surface area contributed by atoms with Gasteiger partial charge < -0.3 is 4.74 Å². The van der Waals surface area contributed by atoms with E-state index in [1.54, 1.807) is 24.3 Å². The lowest BCUT2D eigenvalue weighted by Gasteiger charge is -2.01. The fourth-order valence-corrected chi connectivity index (χ4v) is 1.27. The lowest BCUT2D eigenvalue weighted by Crippen LogP contribution is -2.05. The van der Waals surface area contributed by atoms with Gasteiger partial charge in [0.15, 0.2) is 0 Å². The van der Waals surface area contributed by atoms with E-state index in [4.69, 9.17) is 16.3 Å². The molecule has 1 aromatic rings. The van der Waals surface area contributed by atoms with Crippen LogP contribution in [0.5, 0.6) is 0 Å². The van der Waals surface area contributed by atoms with E-state index in [1.165, 1.54) is 0 Å². The van der Waals surface area contributed by atoms with Crippen molar-refractivity contribution >= 4 is 23.6 Å². The van der Waals surface area contributed by atoms with Crippen molar-refractivity contribution in [2.45, 2.75) is 19.8 Å². The van der Waals surface area contributed by atoms with E-state index in [0.29, 0.717) is 10.6 Å². The minimum absolute atomic E-state index is 0.247. The molecule has 1 aromatic carbocycles. The molecular weight excluding hydrogens is 243 g/mol. The summed E-state index contributed by atoms with van der Waals surface area (Å²) in [7, 11) is 0. The largest absolute Gasteiger partial charge is 0.460 e. The van der Waals surface area contributed by atoms with Gasteiger partial charge in [-0.2, -0.15) is 4.39 Å². The zero-order valence-electron chi connectivity index (χ0n) is 9.58. The molecular formula is C13H14ClFO2. The van der Waals surface area contributed by atoms with Crippen LogP contribution in [-0.4, -0.2) is 12.6 Å². The van der Waals surface area contributed by atoms with Gasteiger partial charge in [0.2, 0.25) is 5.83 Å². The van der Waals surface area contributed by atoms with Crippen molar-refractivity contribution < 1.29 is 13.9 Å². The second-order valence-electron chi connectivity index (χ2n) is 3.53. The standard InChI is InChI=1S/C13H14ClFO2/c1-2-3-8-17-13(16)12(15)9-10-4-6-11(14)7-5-10/h4-7,9H,2-3,8H2,1H3/b12-9-. The molecule has 2 nitrogen and oxygen atoms in total. The Bertz CT molecular complexity index is 398. The highest BCUT2D eigenvalue weighted by Gasteiger charge is 2.09. The summed E-state index contributed by atoms with van der Waals surface area (Å²) >= 11 is 5.69. The molecule has 0 N–H and O–H groups in total. The summed E-state index contributed by atoms with van der Waals surface area (Å²) in [6.07, 6.45) is 2.76. The van der Waals surface area contributed by atoms with Crippen LogP contribution < -0.4 is 0 Å². The maximum absolute atomic E-state index is 13.4. The van der Waals surface area contributed by atoms with Crippen LogP contribution >= 0.6 is 11.6 Å². The molecule has 0 spiro atoms. The lowest BCUT2D eigenvalue weighted by molar-refractivity contribution is -0.140. The Morgan fingerprint density at radius 1 is 1.41 bits per heavy atom. The fraction of sp³-hybridized carbons (Fsp3) is 0.308. The van der Waals surface area contributed by atoms with Crippen molar-refractivity contribution in [1.29, 1.82) is 0 Å². The average molecular weight is 257 g/mol. The summed E-state index contributed by atoms with van der Waals surface area (Å²) in [5.74, 6) is -1.82. The molecule has 0 aliphatic heterocycles. The minimum atomic E-state index is -0.923. The Morgan fingerprint density at radius 2 is 2.06 bits per heavy atom. The maximum Gasteiger partial charge on any atom is 0.367 e. The number of rotatable bonds is 5. The van der Waals surface area contributed by atoms with E-state index >= 15 is 0 Å². The van der Waals surface area contributed by atoms with Crippen molar-refractivity contribution in [1.82, 2.24) is 0 Å².